The summed E-state index contributed by atoms with van der Waals surface area (Å²) in [6.45, 7) is 13.3. The van der Waals surface area contributed by atoms with E-state index in [1.165, 1.54) is 51.4 Å². The van der Waals surface area contributed by atoms with Crippen LogP contribution in [0.15, 0.2) is 36.4 Å². The van der Waals surface area contributed by atoms with Crippen LogP contribution in [0.25, 0.3) is 10.8 Å². The van der Waals surface area contributed by atoms with E-state index in [0.717, 1.165) is 0 Å². The Bertz CT molecular complexity index is 722. The molecule has 25 heavy (non-hydrogen) atoms. The van der Waals surface area contributed by atoms with E-state index in [4.69, 9.17) is 17.0 Å². The first-order valence-corrected chi connectivity index (χ1v) is 15.0. The fraction of sp³-hybridized carbons (Fsp3) is 0.364. The van der Waals surface area contributed by atoms with E-state index in [0.29, 0.717) is 0 Å². The van der Waals surface area contributed by atoms with Gasteiger partial charge in [0.2, 0.25) is 0 Å². The molecule has 0 nitrogen and oxygen atoms in total. The van der Waals surface area contributed by atoms with E-state index in [-0.39, 0.29) is 0 Å². The molecule has 3 aromatic rings. The van der Waals surface area contributed by atoms with Gasteiger partial charge in [0.1, 0.15) is 0 Å². The fourth-order valence-electron chi connectivity index (χ4n) is 3.23. The molecule has 0 saturated carbocycles. The Kier molecular flexibility index (Phi) is 10.3. The van der Waals surface area contributed by atoms with Crippen LogP contribution in [-0.4, -0.2) is 0 Å². The Hall–Kier alpha value is -0.357. The second-order valence-electron chi connectivity index (χ2n) is 6.46. The topological polar surface area (TPSA) is 0 Å². The van der Waals surface area contributed by atoms with Gasteiger partial charge in [-0.1, -0.05) is 60.5 Å². The zero-order valence-corrected chi connectivity index (χ0v) is 20.1. The Balaban J connectivity index is 0.000000218. The first kappa shape index (κ1) is 22.7. The first-order valence-electron chi connectivity index (χ1n) is 8.67. The summed E-state index contributed by atoms with van der Waals surface area (Å²) in [7, 11) is 9.87. The maximum absolute atomic E-state index is 4.93. The summed E-state index contributed by atoms with van der Waals surface area (Å²) in [4.78, 5) is 0. The summed E-state index contributed by atoms with van der Waals surface area (Å²) in [5.74, 6) is 0. The molecule has 0 heterocycles. The van der Waals surface area contributed by atoms with Crippen LogP contribution in [0.5, 0.6) is 0 Å². The molecule has 3 heteroatoms. The SMILES string of the molecule is CCCc1c(C)c(C)c(C)[c-]1C.Cc1cc2ccccc2[cH-]1.[Cl][Zr+2][Cl]. The van der Waals surface area contributed by atoms with Crippen molar-refractivity contribution in [3.63, 3.8) is 0 Å². The molecule has 0 atom stereocenters. The van der Waals surface area contributed by atoms with Gasteiger partial charge in [0.05, 0.1) is 0 Å². The Labute approximate surface area is 171 Å². The van der Waals surface area contributed by atoms with Gasteiger partial charge in [-0.15, -0.1) is 40.6 Å². The van der Waals surface area contributed by atoms with Crippen LogP contribution in [0.1, 0.15) is 46.7 Å². The number of hydrogen-bond donors (Lipinski definition) is 0. The van der Waals surface area contributed by atoms with Crippen molar-refractivity contribution in [1.82, 2.24) is 0 Å². The Morgan fingerprint density at radius 3 is 2.12 bits per heavy atom. The van der Waals surface area contributed by atoms with Gasteiger partial charge in [-0.2, -0.15) is 33.9 Å². The second-order valence-corrected chi connectivity index (χ2v) is 10.2. The summed E-state index contributed by atoms with van der Waals surface area (Å²) in [5.41, 5.74) is 8.97. The van der Waals surface area contributed by atoms with E-state index in [1.54, 1.807) is 5.56 Å². The summed E-state index contributed by atoms with van der Waals surface area (Å²) in [6.07, 6.45) is 2.50. The van der Waals surface area contributed by atoms with Gasteiger partial charge in [-0.05, 0) is 0 Å². The normalized spacial score (nSPS) is 9.76. The van der Waals surface area contributed by atoms with Gasteiger partial charge in [0.25, 0.3) is 0 Å². The van der Waals surface area contributed by atoms with Crippen molar-refractivity contribution in [2.75, 3.05) is 0 Å². The first-order chi connectivity index (χ1) is 11.9. The average Bonchev–Trinajstić information content (AvgIpc) is 3.05. The van der Waals surface area contributed by atoms with Crippen LogP contribution in [0.3, 0.4) is 0 Å². The number of aryl methyl sites for hydroxylation is 1. The molecule has 0 amide bonds. The maximum atomic E-state index is 4.93. The number of halogens is 2. The molecular weight excluding hydrogens is 426 g/mol. The molecule has 0 N–H and O–H groups in total. The summed E-state index contributed by atoms with van der Waals surface area (Å²) in [6, 6.07) is 12.8. The molecule has 0 aliphatic carbocycles. The average molecular weight is 455 g/mol. The molecule has 3 aromatic carbocycles. The van der Waals surface area contributed by atoms with Crippen molar-refractivity contribution in [2.45, 2.75) is 54.4 Å². The molecule has 0 bridgehead atoms. The molecular formula is C22H28Cl2Zr. The van der Waals surface area contributed by atoms with Gasteiger partial charge in [0, 0.05) is 0 Å². The molecule has 0 aromatic heterocycles. The van der Waals surface area contributed by atoms with Gasteiger partial charge < -0.3 is 0 Å². The van der Waals surface area contributed by atoms with Gasteiger partial charge in [0.15, 0.2) is 0 Å². The van der Waals surface area contributed by atoms with Crippen LogP contribution in [-0.2, 0) is 27.3 Å². The molecule has 0 radical (unpaired) electrons. The third kappa shape index (κ3) is 6.39. The standard InChI is InChI=1S/C12H19.C10H9.2ClH.Zr/c1-6-7-12-10(4)8(2)9(3)11(12)5;1-8-6-9-4-2-3-5-10(9)7-8;;;/h6-7H2,1-5H3;2-7H,1H3;2*1H;/q2*-1;;;+4/p-2. The van der Waals surface area contributed by atoms with E-state index in [1.807, 2.05) is 0 Å². The van der Waals surface area contributed by atoms with Gasteiger partial charge in [-0.3, -0.25) is 0 Å². The van der Waals surface area contributed by atoms with E-state index in [9.17, 15) is 0 Å². The number of benzene rings is 1. The van der Waals surface area contributed by atoms with E-state index >= 15 is 0 Å². The molecule has 0 unspecified atom stereocenters. The van der Waals surface area contributed by atoms with Crippen molar-refractivity contribution < 1.29 is 20.8 Å². The van der Waals surface area contributed by atoms with Gasteiger partial charge >= 0.3 is 37.9 Å². The molecule has 3 rings (SSSR count). The van der Waals surface area contributed by atoms with E-state index < -0.39 is 20.8 Å². The number of rotatable bonds is 2. The van der Waals surface area contributed by atoms with Gasteiger partial charge in [-0.25, -0.2) is 0 Å². The van der Waals surface area contributed by atoms with Crippen molar-refractivity contribution in [1.29, 1.82) is 0 Å². The van der Waals surface area contributed by atoms with Crippen LogP contribution in [0.2, 0.25) is 0 Å². The summed E-state index contributed by atoms with van der Waals surface area (Å²) in [5, 5.41) is 2.69. The van der Waals surface area contributed by atoms with Crippen LogP contribution < -0.4 is 0 Å². The zero-order chi connectivity index (χ0) is 19.0. The molecule has 0 saturated heterocycles. The van der Waals surface area contributed by atoms with E-state index in [2.05, 4.69) is 77.9 Å². The molecule has 0 aliphatic rings. The van der Waals surface area contributed by atoms with Crippen LogP contribution in [0.4, 0.5) is 0 Å². The minimum absolute atomic E-state index is 0.826. The Morgan fingerprint density at radius 1 is 1.04 bits per heavy atom. The molecule has 0 spiro atoms. The monoisotopic (exact) mass is 452 g/mol. The molecule has 134 valence electrons. The third-order valence-corrected chi connectivity index (χ3v) is 4.86. The second kappa shape index (κ2) is 11.4. The summed E-state index contributed by atoms with van der Waals surface area (Å²) >= 11 is -0.826. The fourth-order valence-corrected chi connectivity index (χ4v) is 3.23. The van der Waals surface area contributed by atoms with Crippen molar-refractivity contribution in [3.8, 4) is 0 Å². The quantitative estimate of drug-likeness (QED) is 0.346. The predicted molar refractivity (Wildman–Crippen MR) is 111 cm³/mol. The third-order valence-electron chi connectivity index (χ3n) is 4.86. The van der Waals surface area contributed by atoms with Crippen LogP contribution in [0, 0.1) is 34.6 Å². The zero-order valence-electron chi connectivity index (χ0n) is 16.1. The van der Waals surface area contributed by atoms with Crippen molar-refractivity contribution in [3.05, 3.63) is 69.8 Å². The Morgan fingerprint density at radius 2 is 1.64 bits per heavy atom. The van der Waals surface area contributed by atoms with Crippen molar-refractivity contribution in [2.24, 2.45) is 0 Å². The van der Waals surface area contributed by atoms with Crippen molar-refractivity contribution >= 4 is 27.8 Å². The number of fused-ring (bicyclic) bond motifs is 1. The minimum atomic E-state index is -0.826. The molecule has 0 fully saturated rings. The number of hydrogen-bond acceptors (Lipinski definition) is 0. The van der Waals surface area contributed by atoms with Crippen LogP contribution >= 0.6 is 17.0 Å². The molecule has 0 aliphatic heterocycles. The summed E-state index contributed by atoms with van der Waals surface area (Å²) < 4.78 is 0. The predicted octanol–water partition coefficient (Wildman–Crippen LogP) is 7.84.